The van der Waals surface area contributed by atoms with Gasteiger partial charge in [-0.05, 0) is 49.9 Å². The Kier molecular flexibility index (Phi) is 4.95. The van der Waals surface area contributed by atoms with Gasteiger partial charge in [-0.25, -0.2) is 4.98 Å². The maximum Gasteiger partial charge on any atom is 0.226 e. The van der Waals surface area contributed by atoms with Gasteiger partial charge in [0.05, 0.1) is 11.6 Å². The summed E-state index contributed by atoms with van der Waals surface area (Å²) in [4.78, 5) is 8.96. The Balaban J connectivity index is 1.72. The molecule has 124 valence electrons. The first-order chi connectivity index (χ1) is 11.6. The smallest absolute Gasteiger partial charge is 0.226 e. The van der Waals surface area contributed by atoms with Crippen molar-refractivity contribution in [2.75, 3.05) is 5.32 Å². The van der Waals surface area contributed by atoms with Gasteiger partial charge in [0, 0.05) is 17.8 Å². The molecule has 3 rings (SSSR count). The molecule has 5 heteroatoms. The molecule has 1 aliphatic carbocycles. The Hall–Kier alpha value is -2.61. The fraction of sp³-hybridized carbons (Fsp3) is 0.421. The van der Waals surface area contributed by atoms with Gasteiger partial charge in [0.1, 0.15) is 5.75 Å². The van der Waals surface area contributed by atoms with E-state index in [1.54, 1.807) is 24.3 Å². The minimum absolute atomic E-state index is 0.429. The second kappa shape index (κ2) is 7.31. The molecule has 0 saturated heterocycles. The third-order valence-electron chi connectivity index (χ3n) is 4.31. The van der Waals surface area contributed by atoms with Crippen LogP contribution in [-0.4, -0.2) is 16.0 Å². The zero-order valence-electron chi connectivity index (χ0n) is 14.1. The fourth-order valence-electron chi connectivity index (χ4n) is 3.12. The number of hydrogen-bond acceptors (Lipinski definition) is 5. The molecular weight excluding hydrogens is 300 g/mol. The van der Waals surface area contributed by atoms with Crippen molar-refractivity contribution in [1.82, 2.24) is 9.97 Å². The molecule has 1 aromatic carbocycles. The first-order valence-corrected chi connectivity index (χ1v) is 8.42. The normalized spacial score (nSPS) is 20.2. The predicted molar refractivity (Wildman–Crippen MR) is 93.0 cm³/mol. The minimum Gasteiger partial charge on any atom is -0.439 e. The highest BCUT2D eigenvalue weighted by Crippen LogP contribution is 2.26. The Bertz CT molecular complexity index is 736. The Labute approximate surface area is 142 Å². The molecule has 0 amide bonds. The second-order valence-corrected chi connectivity index (χ2v) is 6.52. The SMILES string of the molecule is Cc1cc(Oc2ccc(C#N)cc2)nc(NC2CCCC(C)C2)n1. The van der Waals surface area contributed by atoms with Crippen LogP contribution in [0.1, 0.15) is 43.9 Å². The summed E-state index contributed by atoms with van der Waals surface area (Å²) in [6.07, 6.45) is 4.87. The van der Waals surface area contributed by atoms with Gasteiger partial charge in [0.25, 0.3) is 0 Å². The van der Waals surface area contributed by atoms with Crippen molar-refractivity contribution in [3.8, 4) is 17.7 Å². The summed E-state index contributed by atoms with van der Waals surface area (Å²) in [6, 6.07) is 11.3. The van der Waals surface area contributed by atoms with Crippen LogP contribution in [0, 0.1) is 24.2 Å². The fourth-order valence-corrected chi connectivity index (χ4v) is 3.12. The van der Waals surface area contributed by atoms with E-state index in [4.69, 9.17) is 10.00 Å². The van der Waals surface area contributed by atoms with Crippen LogP contribution in [0.4, 0.5) is 5.95 Å². The predicted octanol–water partition coefficient (Wildman–Crippen LogP) is 4.44. The first kappa shape index (κ1) is 16.3. The quantitative estimate of drug-likeness (QED) is 0.901. The molecule has 1 aromatic heterocycles. The molecule has 0 bridgehead atoms. The number of ether oxygens (including phenoxy) is 1. The molecule has 1 aliphatic rings. The largest absolute Gasteiger partial charge is 0.439 e. The van der Waals surface area contributed by atoms with E-state index in [2.05, 4.69) is 28.3 Å². The van der Waals surface area contributed by atoms with E-state index >= 15 is 0 Å². The van der Waals surface area contributed by atoms with Gasteiger partial charge in [-0.1, -0.05) is 19.8 Å². The molecule has 2 aromatic rings. The van der Waals surface area contributed by atoms with Crippen LogP contribution >= 0.6 is 0 Å². The summed E-state index contributed by atoms with van der Waals surface area (Å²) in [5, 5.41) is 12.3. The molecular formula is C19H22N4O. The van der Waals surface area contributed by atoms with E-state index in [0.29, 0.717) is 29.2 Å². The highest BCUT2D eigenvalue weighted by molar-refractivity contribution is 5.38. The number of anilines is 1. The lowest BCUT2D eigenvalue weighted by atomic mass is 9.87. The van der Waals surface area contributed by atoms with Crippen molar-refractivity contribution in [2.24, 2.45) is 5.92 Å². The topological polar surface area (TPSA) is 70.8 Å². The third-order valence-corrected chi connectivity index (χ3v) is 4.31. The summed E-state index contributed by atoms with van der Waals surface area (Å²) in [7, 11) is 0. The highest BCUT2D eigenvalue weighted by atomic mass is 16.5. The number of aromatic nitrogens is 2. The number of aryl methyl sites for hydroxylation is 1. The molecule has 0 aliphatic heterocycles. The molecule has 1 heterocycles. The van der Waals surface area contributed by atoms with E-state index in [1.165, 1.54) is 12.8 Å². The van der Waals surface area contributed by atoms with Crippen molar-refractivity contribution in [1.29, 1.82) is 5.26 Å². The molecule has 1 saturated carbocycles. The maximum atomic E-state index is 8.85. The Morgan fingerprint density at radius 2 is 2.00 bits per heavy atom. The summed E-state index contributed by atoms with van der Waals surface area (Å²) >= 11 is 0. The molecule has 1 N–H and O–H groups in total. The van der Waals surface area contributed by atoms with Gasteiger partial charge in [-0.3, -0.25) is 0 Å². The number of nitriles is 1. The molecule has 24 heavy (non-hydrogen) atoms. The van der Waals surface area contributed by atoms with E-state index in [-0.39, 0.29) is 0 Å². The standard InChI is InChI=1S/C19H22N4O/c1-13-4-3-5-16(10-13)22-19-21-14(2)11-18(23-19)24-17-8-6-15(12-20)7-9-17/h6-9,11,13,16H,3-5,10H2,1-2H3,(H,21,22,23). The van der Waals surface area contributed by atoms with Gasteiger partial charge in [0.15, 0.2) is 0 Å². The Morgan fingerprint density at radius 1 is 1.21 bits per heavy atom. The van der Waals surface area contributed by atoms with E-state index in [0.717, 1.165) is 24.5 Å². The molecule has 0 spiro atoms. The molecule has 0 radical (unpaired) electrons. The number of nitrogens with zero attached hydrogens (tertiary/aromatic N) is 3. The van der Waals surface area contributed by atoms with Crippen LogP contribution < -0.4 is 10.1 Å². The number of nitrogens with one attached hydrogen (secondary N) is 1. The first-order valence-electron chi connectivity index (χ1n) is 8.42. The Morgan fingerprint density at radius 3 is 2.71 bits per heavy atom. The zero-order chi connectivity index (χ0) is 16.9. The van der Waals surface area contributed by atoms with Crippen molar-refractivity contribution >= 4 is 5.95 Å². The van der Waals surface area contributed by atoms with Crippen LogP contribution in [0.25, 0.3) is 0 Å². The monoisotopic (exact) mass is 322 g/mol. The molecule has 2 atom stereocenters. The number of hydrogen-bond donors (Lipinski definition) is 1. The van der Waals surface area contributed by atoms with Crippen molar-refractivity contribution in [3.63, 3.8) is 0 Å². The summed E-state index contributed by atoms with van der Waals surface area (Å²) in [5.74, 6) is 2.54. The lowest BCUT2D eigenvalue weighted by molar-refractivity contribution is 0.357. The molecule has 5 nitrogen and oxygen atoms in total. The minimum atomic E-state index is 0.429. The van der Waals surface area contributed by atoms with E-state index in [9.17, 15) is 0 Å². The van der Waals surface area contributed by atoms with Gasteiger partial charge >= 0.3 is 0 Å². The van der Waals surface area contributed by atoms with Crippen LogP contribution in [0.3, 0.4) is 0 Å². The highest BCUT2D eigenvalue weighted by Gasteiger charge is 2.19. The maximum absolute atomic E-state index is 8.85. The summed E-state index contributed by atoms with van der Waals surface area (Å²) in [6.45, 7) is 4.23. The van der Waals surface area contributed by atoms with Gasteiger partial charge < -0.3 is 10.1 Å². The van der Waals surface area contributed by atoms with Crippen molar-refractivity contribution in [2.45, 2.75) is 45.6 Å². The lowest BCUT2D eigenvalue weighted by Crippen LogP contribution is -2.27. The van der Waals surface area contributed by atoms with Gasteiger partial charge in [-0.15, -0.1) is 0 Å². The average Bonchev–Trinajstić information content (AvgIpc) is 2.55. The number of benzene rings is 1. The van der Waals surface area contributed by atoms with Crippen molar-refractivity contribution < 1.29 is 4.74 Å². The van der Waals surface area contributed by atoms with E-state index in [1.807, 2.05) is 13.0 Å². The zero-order valence-corrected chi connectivity index (χ0v) is 14.1. The van der Waals surface area contributed by atoms with Gasteiger partial charge in [0.2, 0.25) is 11.8 Å². The molecule has 1 fully saturated rings. The van der Waals surface area contributed by atoms with Crippen LogP contribution in [-0.2, 0) is 0 Å². The van der Waals surface area contributed by atoms with Crippen LogP contribution in [0.15, 0.2) is 30.3 Å². The number of rotatable bonds is 4. The third kappa shape index (κ3) is 4.23. The molecule has 2 unspecified atom stereocenters. The summed E-state index contributed by atoms with van der Waals surface area (Å²) in [5.41, 5.74) is 1.47. The van der Waals surface area contributed by atoms with Crippen LogP contribution in [0.5, 0.6) is 11.6 Å². The average molecular weight is 322 g/mol. The summed E-state index contributed by atoms with van der Waals surface area (Å²) < 4.78 is 5.81. The van der Waals surface area contributed by atoms with E-state index < -0.39 is 0 Å². The van der Waals surface area contributed by atoms with Gasteiger partial charge in [-0.2, -0.15) is 10.2 Å². The van der Waals surface area contributed by atoms with Crippen LogP contribution in [0.2, 0.25) is 0 Å². The van der Waals surface area contributed by atoms with Crippen molar-refractivity contribution in [3.05, 3.63) is 41.6 Å². The second-order valence-electron chi connectivity index (χ2n) is 6.52. The lowest BCUT2D eigenvalue weighted by Gasteiger charge is -2.27.